The van der Waals surface area contributed by atoms with Gasteiger partial charge < -0.3 is 10.5 Å². The summed E-state index contributed by atoms with van der Waals surface area (Å²) in [4.78, 5) is 6.82. The van der Waals surface area contributed by atoms with Crippen LogP contribution in [0.5, 0.6) is 0 Å². The molecule has 0 radical (unpaired) electrons. The van der Waals surface area contributed by atoms with E-state index < -0.39 is 0 Å². The van der Waals surface area contributed by atoms with Crippen LogP contribution in [0.25, 0.3) is 0 Å². The molecule has 3 rings (SSSR count). The third-order valence-electron chi connectivity index (χ3n) is 4.23. The zero-order valence-electron chi connectivity index (χ0n) is 10.4. The van der Waals surface area contributed by atoms with Crippen LogP contribution in [0.1, 0.15) is 18.5 Å². The third-order valence-corrected chi connectivity index (χ3v) is 4.23. The fourth-order valence-electron chi connectivity index (χ4n) is 3.34. The Morgan fingerprint density at radius 1 is 1.39 bits per heavy atom. The molecule has 4 N–H and O–H groups in total. The molecular weight excluding hydrogens is 228 g/mol. The van der Waals surface area contributed by atoms with E-state index in [1.165, 1.54) is 6.42 Å². The van der Waals surface area contributed by atoms with Crippen molar-refractivity contribution in [3.05, 3.63) is 23.9 Å². The molecule has 3 unspecified atom stereocenters. The van der Waals surface area contributed by atoms with Crippen molar-refractivity contribution in [1.29, 1.82) is 0 Å². The average Bonchev–Trinajstić information content (AvgIpc) is 2.92. The fourth-order valence-corrected chi connectivity index (χ4v) is 3.34. The average molecular weight is 248 g/mol. The van der Waals surface area contributed by atoms with Crippen molar-refractivity contribution in [3.63, 3.8) is 0 Å². The van der Waals surface area contributed by atoms with Gasteiger partial charge in [-0.05, 0) is 30.9 Å². The van der Waals surface area contributed by atoms with E-state index in [4.69, 9.17) is 5.84 Å². The summed E-state index contributed by atoms with van der Waals surface area (Å²) in [6, 6.07) is 5.83. The molecule has 1 aliphatic heterocycles. The summed E-state index contributed by atoms with van der Waals surface area (Å²) >= 11 is 0. The maximum Gasteiger partial charge on any atom is 0.140 e. The first kappa shape index (κ1) is 11.9. The second-order valence-electron chi connectivity index (χ2n) is 5.42. The van der Waals surface area contributed by atoms with Crippen LogP contribution in [0.2, 0.25) is 0 Å². The molecule has 1 aliphatic carbocycles. The third kappa shape index (κ3) is 2.21. The SMILES string of the molecule is NNc1cccc(CN2CC3CCC(O)C3C2)n1. The van der Waals surface area contributed by atoms with Crippen LogP contribution in [0, 0.1) is 11.8 Å². The summed E-state index contributed by atoms with van der Waals surface area (Å²) in [5.74, 6) is 7.21. The second kappa shape index (κ2) is 4.84. The first-order valence-electron chi connectivity index (χ1n) is 6.59. The Balaban J connectivity index is 1.64. The number of nitrogens with two attached hydrogens (primary N) is 1. The van der Waals surface area contributed by atoms with Crippen molar-refractivity contribution in [2.45, 2.75) is 25.5 Å². The lowest BCUT2D eigenvalue weighted by atomic mass is 10.00. The van der Waals surface area contributed by atoms with Crippen molar-refractivity contribution in [2.24, 2.45) is 17.7 Å². The molecule has 0 aromatic carbocycles. The van der Waals surface area contributed by atoms with Crippen molar-refractivity contribution in [1.82, 2.24) is 9.88 Å². The van der Waals surface area contributed by atoms with E-state index in [9.17, 15) is 5.11 Å². The Kier molecular flexibility index (Phi) is 3.20. The first-order chi connectivity index (χ1) is 8.76. The predicted molar refractivity (Wildman–Crippen MR) is 69.5 cm³/mol. The summed E-state index contributed by atoms with van der Waals surface area (Å²) in [5, 5.41) is 9.90. The largest absolute Gasteiger partial charge is 0.393 e. The van der Waals surface area contributed by atoms with Crippen LogP contribution in [-0.2, 0) is 6.54 Å². The zero-order chi connectivity index (χ0) is 12.5. The highest BCUT2D eigenvalue weighted by molar-refractivity contribution is 5.33. The van der Waals surface area contributed by atoms with Gasteiger partial charge in [0.25, 0.3) is 0 Å². The number of nitrogen functional groups attached to an aromatic ring is 1. The Hall–Kier alpha value is -1.17. The van der Waals surface area contributed by atoms with Gasteiger partial charge in [0.05, 0.1) is 11.8 Å². The number of fused-ring (bicyclic) bond motifs is 1. The Labute approximate surface area is 107 Å². The summed E-state index contributed by atoms with van der Waals surface area (Å²) in [7, 11) is 0. The molecule has 1 saturated carbocycles. The van der Waals surface area contributed by atoms with E-state index in [1.807, 2.05) is 18.2 Å². The molecular formula is C13H20N4O. The van der Waals surface area contributed by atoms with Gasteiger partial charge in [-0.25, -0.2) is 10.8 Å². The number of aliphatic hydroxyl groups excluding tert-OH is 1. The van der Waals surface area contributed by atoms with Gasteiger partial charge in [0.1, 0.15) is 5.82 Å². The summed E-state index contributed by atoms with van der Waals surface area (Å²) in [6.07, 6.45) is 2.05. The second-order valence-corrected chi connectivity index (χ2v) is 5.42. The molecule has 1 saturated heterocycles. The van der Waals surface area contributed by atoms with Gasteiger partial charge in [-0.2, -0.15) is 0 Å². The van der Waals surface area contributed by atoms with Crippen LogP contribution in [0.3, 0.4) is 0 Å². The van der Waals surface area contributed by atoms with E-state index >= 15 is 0 Å². The van der Waals surface area contributed by atoms with Crippen molar-refractivity contribution in [2.75, 3.05) is 18.5 Å². The smallest absolute Gasteiger partial charge is 0.140 e. The molecule has 2 fully saturated rings. The minimum atomic E-state index is -0.0926. The van der Waals surface area contributed by atoms with Crippen LogP contribution >= 0.6 is 0 Å². The highest BCUT2D eigenvalue weighted by Gasteiger charge is 2.41. The number of nitrogens with one attached hydrogen (secondary N) is 1. The maximum absolute atomic E-state index is 9.90. The molecule has 2 heterocycles. The molecule has 98 valence electrons. The fraction of sp³-hybridized carbons (Fsp3) is 0.615. The minimum Gasteiger partial charge on any atom is -0.393 e. The summed E-state index contributed by atoms with van der Waals surface area (Å²) < 4.78 is 0. The molecule has 5 nitrogen and oxygen atoms in total. The molecule has 0 bridgehead atoms. The molecule has 1 aromatic rings. The minimum absolute atomic E-state index is 0.0926. The first-order valence-corrected chi connectivity index (χ1v) is 6.59. The van der Waals surface area contributed by atoms with Crippen LogP contribution in [0.15, 0.2) is 18.2 Å². The van der Waals surface area contributed by atoms with Gasteiger partial charge in [0.15, 0.2) is 0 Å². The molecule has 5 heteroatoms. The van der Waals surface area contributed by atoms with Crippen molar-refractivity contribution in [3.8, 4) is 0 Å². The summed E-state index contributed by atoms with van der Waals surface area (Å²) in [5.41, 5.74) is 3.60. The number of nitrogens with zero attached hydrogens (tertiary/aromatic N) is 2. The van der Waals surface area contributed by atoms with E-state index in [0.717, 1.165) is 31.7 Å². The van der Waals surface area contributed by atoms with Crippen LogP contribution in [-0.4, -0.2) is 34.2 Å². The number of pyridine rings is 1. The van der Waals surface area contributed by atoms with Gasteiger partial charge in [0.2, 0.25) is 0 Å². The molecule has 18 heavy (non-hydrogen) atoms. The normalized spacial score (nSPS) is 31.6. The van der Waals surface area contributed by atoms with Gasteiger partial charge in [-0.3, -0.25) is 4.90 Å². The quantitative estimate of drug-likeness (QED) is 0.538. The van der Waals surface area contributed by atoms with E-state index in [0.29, 0.717) is 17.7 Å². The lowest BCUT2D eigenvalue weighted by Crippen LogP contribution is -2.25. The number of likely N-dealkylation sites (tertiary alicyclic amines) is 1. The summed E-state index contributed by atoms with van der Waals surface area (Å²) in [6.45, 7) is 2.92. The van der Waals surface area contributed by atoms with Gasteiger partial charge in [0, 0.05) is 25.6 Å². The Bertz CT molecular complexity index is 425. The molecule has 2 aliphatic rings. The van der Waals surface area contributed by atoms with Crippen LogP contribution in [0.4, 0.5) is 5.82 Å². The lowest BCUT2D eigenvalue weighted by molar-refractivity contribution is 0.123. The van der Waals surface area contributed by atoms with Crippen LogP contribution < -0.4 is 11.3 Å². The topological polar surface area (TPSA) is 74.4 Å². The molecule has 3 atom stereocenters. The lowest BCUT2D eigenvalue weighted by Gasteiger charge is -2.17. The van der Waals surface area contributed by atoms with Gasteiger partial charge in [-0.1, -0.05) is 6.07 Å². The Morgan fingerprint density at radius 3 is 3.06 bits per heavy atom. The Morgan fingerprint density at radius 2 is 2.28 bits per heavy atom. The van der Waals surface area contributed by atoms with Crippen molar-refractivity contribution >= 4 is 5.82 Å². The highest BCUT2D eigenvalue weighted by Crippen LogP contribution is 2.38. The van der Waals surface area contributed by atoms with Gasteiger partial charge >= 0.3 is 0 Å². The highest BCUT2D eigenvalue weighted by atomic mass is 16.3. The van der Waals surface area contributed by atoms with Crippen molar-refractivity contribution < 1.29 is 5.11 Å². The molecule has 0 amide bonds. The standard InChI is InChI=1S/C13H20N4O/c14-16-13-3-1-2-10(15-13)7-17-6-9-4-5-12(18)11(9)8-17/h1-3,9,11-12,18H,4-8,14H2,(H,15,16). The number of rotatable bonds is 3. The number of hydrogen-bond donors (Lipinski definition) is 3. The van der Waals surface area contributed by atoms with E-state index in [2.05, 4.69) is 15.3 Å². The van der Waals surface area contributed by atoms with E-state index in [1.54, 1.807) is 0 Å². The number of anilines is 1. The van der Waals surface area contributed by atoms with E-state index in [-0.39, 0.29) is 6.10 Å². The predicted octanol–water partition coefficient (Wildman–Crippen LogP) is 0.570. The number of aromatic nitrogens is 1. The monoisotopic (exact) mass is 248 g/mol. The molecule has 1 aromatic heterocycles. The maximum atomic E-state index is 9.90. The number of aliphatic hydroxyl groups is 1. The van der Waals surface area contributed by atoms with Gasteiger partial charge in [-0.15, -0.1) is 0 Å². The number of hydrazine groups is 1. The molecule has 0 spiro atoms. The zero-order valence-corrected chi connectivity index (χ0v) is 10.4. The number of hydrogen-bond acceptors (Lipinski definition) is 5.